The molecule has 0 bridgehead atoms. The zero-order chi connectivity index (χ0) is 16.1. The first kappa shape index (κ1) is 15.9. The molecule has 0 saturated heterocycles. The molecule has 0 amide bonds. The van der Waals surface area contributed by atoms with Crippen LogP contribution in [0, 0.1) is 0 Å². The quantitative estimate of drug-likeness (QED) is 0.808. The third-order valence-electron chi connectivity index (χ3n) is 2.84. The van der Waals surface area contributed by atoms with Crippen molar-refractivity contribution >= 4 is 0 Å². The van der Waals surface area contributed by atoms with Crippen molar-refractivity contribution in [3.05, 3.63) is 22.8 Å². The van der Waals surface area contributed by atoms with Crippen LogP contribution < -0.4 is 5.32 Å². The SMILES string of the molecule is FC(F)(F)c1nc(C(F)(F)C(F)(F)F)nc2c1CCNC2. The molecule has 2 rings (SSSR count). The van der Waals surface area contributed by atoms with E-state index in [2.05, 4.69) is 15.3 Å². The van der Waals surface area contributed by atoms with Crippen LogP contribution in [0.25, 0.3) is 0 Å². The van der Waals surface area contributed by atoms with Crippen LogP contribution in [0.3, 0.4) is 0 Å². The van der Waals surface area contributed by atoms with E-state index in [1.165, 1.54) is 0 Å². The molecular formula is C10H7F8N3. The zero-order valence-electron chi connectivity index (χ0n) is 10.0. The number of halogens is 8. The number of hydrogen-bond acceptors (Lipinski definition) is 3. The van der Waals surface area contributed by atoms with Gasteiger partial charge in [0.15, 0.2) is 5.69 Å². The maximum absolute atomic E-state index is 13.2. The van der Waals surface area contributed by atoms with E-state index in [1.807, 2.05) is 0 Å². The van der Waals surface area contributed by atoms with Gasteiger partial charge in [0.1, 0.15) is 0 Å². The molecule has 2 heterocycles. The van der Waals surface area contributed by atoms with Crippen molar-refractivity contribution in [1.82, 2.24) is 15.3 Å². The molecule has 0 radical (unpaired) electrons. The fourth-order valence-electron chi connectivity index (χ4n) is 1.86. The van der Waals surface area contributed by atoms with Crippen molar-refractivity contribution in [3.8, 4) is 0 Å². The van der Waals surface area contributed by atoms with Gasteiger partial charge in [0, 0.05) is 12.1 Å². The Balaban J connectivity index is 2.65. The second-order valence-electron chi connectivity index (χ2n) is 4.32. The van der Waals surface area contributed by atoms with Crippen molar-refractivity contribution in [3.63, 3.8) is 0 Å². The van der Waals surface area contributed by atoms with Crippen LogP contribution in [-0.4, -0.2) is 22.7 Å². The van der Waals surface area contributed by atoms with Gasteiger partial charge in [0.25, 0.3) is 0 Å². The lowest BCUT2D eigenvalue weighted by Gasteiger charge is -2.24. The van der Waals surface area contributed by atoms with Gasteiger partial charge in [0.2, 0.25) is 5.82 Å². The first-order valence-corrected chi connectivity index (χ1v) is 5.57. The zero-order valence-corrected chi connectivity index (χ0v) is 10.0. The molecule has 1 aliphatic heterocycles. The minimum Gasteiger partial charge on any atom is -0.311 e. The van der Waals surface area contributed by atoms with Crippen LogP contribution in [0.15, 0.2) is 0 Å². The standard InChI is InChI=1S/C10H7F8N3/c11-8(12,10(16,17)18)7-20-5-3-19-2-1-4(5)6(21-7)9(13,14)15/h19H,1-3H2. The van der Waals surface area contributed by atoms with E-state index in [0.29, 0.717) is 0 Å². The van der Waals surface area contributed by atoms with Crippen LogP contribution in [-0.2, 0) is 25.1 Å². The molecule has 1 N–H and O–H groups in total. The van der Waals surface area contributed by atoms with E-state index in [9.17, 15) is 35.1 Å². The smallest absolute Gasteiger partial charge is 0.311 e. The predicted molar refractivity (Wildman–Crippen MR) is 52.4 cm³/mol. The minimum absolute atomic E-state index is 0.119. The van der Waals surface area contributed by atoms with Crippen LogP contribution in [0.5, 0.6) is 0 Å². The molecule has 11 heteroatoms. The Labute approximate surface area is 112 Å². The highest BCUT2D eigenvalue weighted by Crippen LogP contribution is 2.43. The lowest BCUT2D eigenvalue weighted by atomic mass is 10.0. The van der Waals surface area contributed by atoms with Crippen LogP contribution in [0.1, 0.15) is 22.8 Å². The Hall–Kier alpha value is -1.52. The second-order valence-corrected chi connectivity index (χ2v) is 4.32. The van der Waals surface area contributed by atoms with Crippen LogP contribution >= 0.6 is 0 Å². The molecule has 0 saturated carbocycles. The van der Waals surface area contributed by atoms with Crippen molar-refractivity contribution in [2.24, 2.45) is 0 Å². The van der Waals surface area contributed by atoms with E-state index in [1.54, 1.807) is 0 Å². The molecule has 0 unspecified atom stereocenters. The summed E-state index contributed by atoms with van der Waals surface area (Å²) in [6.45, 7) is -0.212. The van der Waals surface area contributed by atoms with E-state index in [-0.39, 0.29) is 19.5 Å². The lowest BCUT2D eigenvalue weighted by molar-refractivity contribution is -0.293. The Morgan fingerprint density at radius 3 is 2.05 bits per heavy atom. The van der Waals surface area contributed by atoms with Crippen molar-refractivity contribution < 1.29 is 35.1 Å². The summed E-state index contributed by atoms with van der Waals surface area (Å²) in [6, 6.07) is 0. The van der Waals surface area contributed by atoms with Gasteiger partial charge >= 0.3 is 18.3 Å². The van der Waals surface area contributed by atoms with Gasteiger partial charge < -0.3 is 5.32 Å². The molecule has 0 aromatic carbocycles. The van der Waals surface area contributed by atoms with Crippen LogP contribution in [0.4, 0.5) is 35.1 Å². The summed E-state index contributed by atoms with van der Waals surface area (Å²) in [5, 5.41) is 2.55. The molecule has 21 heavy (non-hydrogen) atoms. The number of fused-ring (bicyclic) bond motifs is 1. The highest BCUT2D eigenvalue weighted by atomic mass is 19.4. The average molecular weight is 321 g/mol. The third kappa shape index (κ3) is 2.78. The van der Waals surface area contributed by atoms with Gasteiger partial charge in [0.05, 0.1) is 5.69 Å². The summed E-state index contributed by atoms with van der Waals surface area (Å²) in [4.78, 5) is 5.44. The topological polar surface area (TPSA) is 37.8 Å². The van der Waals surface area contributed by atoms with E-state index in [4.69, 9.17) is 0 Å². The summed E-state index contributed by atoms with van der Waals surface area (Å²) in [6.07, 6.45) is -11.4. The highest BCUT2D eigenvalue weighted by molar-refractivity contribution is 5.31. The average Bonchev–Trinajstić information content (AvgIpc) is 2.34. The maximum Gasteiger partial charge on any atom is 0.461 e. The van der Waals surface area contributed by atoms with Crippen molar-refractivity contribution in [1.29, 1.82) is 0 Å². The number of nitrogens with zero attached hydrogens (tertiary/aromatic N) is 2. The highest BCUT2D eigenvalue weighted by Gasteiger charge is 2.62. The summed E-state index contributed by atoms with van der Waals surface area (Å²) < 4.78 is 101. The molecule has 1 aliphatic rings. The molecule has 0 spiro atoms. The summed E-state index contributed by atoms with van der Waals surface area (Å²) in [5.74, 6) is -7.75. The first-order chi connectivity index (χ1) is 9.44. The van der Waals surface area contributed by atoms with Gasteiger partial charge in [-0.05, 0) is 13.0 Å². The Kier molecular flexibility index (Phi) is 3.59. The fraction of sp³-hybridized carbons (Fsp3) is 0.600. The molecule has 0 aliphatic carbocycles. The Morgan fingerprint density at radius 2 is 1.52 bits per heavy atom. The second kappa shape index (κ2) is 4.75. The number of nitrogens with one attached hydrogen (secondary N) is 1. The molecule has 0 fully saturated rings. The van der Waals surface area contributed by atoms with Crippen molar-refractivity contribution in [2.75, 3.05) is 6.54 Å². The summed E-state index contributed by atoms with van der Waals surface area (Å²) >= 11 is 0. The number of alkyl halides is 8. The number of aromatic nitrogens is 2. The molecule has 0 atom stereocenters. The van der Waals surface area contributed by atoms with Crippen LogP contribution in [0.2, 0.25) is 0 Å². The van der Waals surface area contributed by atoms with Crippen molar-refractivity contribution in [2.45, 2.75) is 31.2 Å². The molecule has 118 valence electrons. The lowest BCUT2D eigenvalue weighted by Crippen LogP contribution is -2.38. The Morgan fingerprint density at radius 1 is 0.905 bits per heavy atom. The van der Waals surface area contributed by atoms with Gasteiger partial charge in [-0.3, -0.25) is 0 Å². The minimum atomic E-state index is -6.08. The van der Waals surface area contributed by atoms with Gasteiger partial charge in [-0.2, -0.15) is 35.1 Å². The number of hydrogen-bond donors (Lipinski definition) is 1. The third-order valence-corrected chi connectivity index (χ3v) is 2.84. The molecule has 1 aromatic heterocycles. The Bertz CT molecular complexity index is 548. The summed E-state index contributed by atoms with van der Waals surface area (Å²) in [7, 11) is 0. The first-order valence-electron chi connectivity index (χ1n) is 5.57. The molecular weight excluding hydrogens is 314 g/mol. The van der Waals surface area contributed by atoms with E-state index in [0.717, 1.165) is 0 Å². The molecule has 1 aromatic rings. The summed E-state index contributed by atoms with van der Waals surface area (Å²) in [5.41, 5.74) is -2.70. The van der Waals surface area contributed by atoms with Gasteiger partial charge in [-0.1, -0.05) is 0 Å². The maximum atomic E-state index is 13.2. The van der Waals surface area contributed by atoms with Gasteiger partial charge in [-0.25, -0.2) is 9.97 Å². The van der Waals surface area contributed by atoms with E-state index >= 15 is 0 Å². The molecule has 3 nitrogen and oxygen atoms in total. The van der Waals surface area contributed by atoms with E-state index < -0.39 is 41.1 Å². The fourth-order valence-corrected chi connectivity index (χ4v) is 1.86. The monoisotopic (exact) mass is 321 g/mol. The largest absolute Gasteiger partial charge is 0.461 e. The number of rotatable bonds is 1. The normalized spacial score (nSPS) is 16.8. The van der Waals surface area contributed by atoms with Gasteiger partial charge in [-0.15, -0.1) is 0 Å². The predicted octanol–water partition coefficient (Wildman–Crippen LogP) is 2.80.